The Morgan fingerprint density at radius 3 is 2.08 bits per heavy atom. The third kappa shape index (κ3) is 4.84. The zero-order valence-electron chi connectivity index (χ0n) is 15.9. The number of benzene rings is 2. The van der Waals surface area contributed by atoms with Crippen LogP contribution in [0.25, 0.3) is 0 Å². The Hall–Kier alpha value is -1.89. The molecule has 0 fully saturated rings. The molecule has 0 saturated carbocycles. The number of rotatable bonds is 9. The molecule has 1 N–H and O–H groups in total. The first-order valence-corrected chi connectivity index (χ1v) is 10.3. The monoisotopic (exact) mass is 376 g/mol. The van der Waals surface area contributed by atoms with Crippen LogP contribution in [0.5, 0.6) is 5.75 Å². The molecule has 0 aliphatic carbocycles. The fourth-order valence-electron chi connectivity index (χ4n) is 2.77. The lowest BCUT2D eigenvalue weighted by molar-refractivity contribution is 0.414. The molecule has 142 valence electrons. The van der Waals surface area contributed by atoms with Crippen molar-refractivity contribution in [2.24, 2.45) is 0 Å². The maximum absolute atomic E-state index is 12.5. The number of nitrogens with zero attached hydrogens (tertiary/aromatic N) is 1. The van der Waals surface area contributed by atoms with Crippen LogP contribution in [0.4, 0.5) is 0 Å². The molecule has 0 aromatic heterocycles. The highest BCUT2D eigenvalue weighted by atomic mass is 32.2. The van der Waals surface area contributed by atoms with E-state index in [0.29, 0.717) is 18.0 Å². The molecule has 0 saturated heterocycles. The molecular weight excluding hydrogens is 348 g/mol. The highest BCUT2D eigenvalue weighted by Crippen LogP contribution is 2.20. The Kier molecular flexibility index (Phi) is 7.20. The molecular formula is C20H28N2O3S. The molecule has 0 aliphatic rings. The highest BCUT2D eigenvalue weighted by Gasteiger charge is 2.21. The maximum atomic E-state index is 12.5. The van der Waals surface area contributed by atoms with Crippen LogP contribution in [-0.2, 0) is 16.6 Å². The number of hydrogen-bond acceptors (Lipinski definition) is 4. The van der Waals surface area contributed by atoms with E-state index in [9.17, 15) is 8.42 Å². The van der Waals surface area contributed by atoms with Crippen LogP contribution in [0.3, 0.4) is 0 Å². The average Bonchev–Trinajstić information content (AvgIpc) is 2.67. The number of ether oxygens (including phenoxy) is 1. The maximum Gasteiger partial charge on any atom is 0.243 e. The third-order valence-corrected chi connectivity index (χ3v) is 6.56. The van der Waals surface area contributed by atoms with E-state index in [1.54, 1.807) is 19.2 Å². The molecule has 0 bridgehead atoms. The van der Waals surface area contributed by atoms with Crippen LogP contribution in [-0.4, -0.2) is 32.9 Å². The first-order chi connectivity index (χ1) is 12.4. The summed E-state index contributed by atoms with van der Waals surface area (Å²) in [5, 5.41) is 3.46. The van der Waals surface area contributed by atoms with E-state index >= 15 is 0 Å². The van der Waals surface area contributed by atoms with Gasteiger partial charge in [-0.25, -0.2) is 8.42 Å². The summed E-state index contributed by atoms with van der Waals surface area (Å²) in [4.78, 5) is 0.340. The second-order valence-electron chi connectivity index (χ2n) is 6.11. The molecule has 6 heteroatoms. The second-order valence-corrected chi connectivity index (χ2v) is 8.05. The smallest absolute Gasteiger partial charge is 0.243 e. The van der Waals surface area contributed by atoms with Crippen molar-refractivity contribution in [2.75, 3.05) is 20.2 Å². The molecule has 0 aliphatic heterocycles. The molecule has 1 unspecified atom stereocenters. The summed E-state index contributed by atoms with van der Waals surface area (Å²) in [6, 6.07) is 15.2. The molecule has 5 nitrogen and oxygen atoms in total. The van der Waals surface area contributed by atoms with Crippen molar-refractivity contribution in [1.82, 2.24) is 9.62 Å². The van der Waals surface area contributed by atoms with Crippen LogP contribution in [0, 0.1) is 0 Å². The Morgan fingerprint density at radius 1 is 1.00 bits per heavy atom. The normalized spacial score (nSPS) is 13.0. The lowest BCUT2D eigenvalue weighted by Gasteiger charge is -2.19. The van der Waals surface area contributed by atoms with Crippen molar-refractivity contribution in [1.29, 1.82) is 0 Å². The van der Waals surface area contributed by atoms with E-state index in [2.05, 4.69) is 12.2 Å². The molecule has 0 amide bonds. The number of hydrogen-bond donors (Lipinski definition) is 1. The second kappa shape index (κ2) is 9.16. The summed E-state index contributed by atoms with van der Waals surface area (Å²) < 4.78 is 31.7. The van der Waals surface area contributed by atoms with Gasteiger partial charge in [-0.3, -0.25) is 0 Å². The van der Waals surface area contributed by atoms with E-state index in [1.165, 1.54) is 9.87 Å². The lowest BCUT2D eigenvalue weighted by Crippen LogP contribution is -2.30. The minimum Gasteiger partial charge on any atom is -0.497 e. The Bertz CT molecular complexity index is 783. The molecule has 2 aromatic rings. The molecule has 0 spiro atoms. The van der Waals surface area contributed by atoms with Crippen LogP contribution < -0.4 is 10.1 Å². The Balaban J connectivity index is 2.02. The summed E-state index contributed by atoms with van der Waals surface area (Å²) in [6.07, 6.45) is 0. The highest BCUT2D eigenvalue weighted by molar-refractivity contribution is 7.89. The molecule has 2 rings (SSSR count). The van der Waals surface area contributed by atoms with Crippen LogP contribution in [0.15, 0.2) is 53.4 Å². The summed E-state index contributed by atoms with van der Waals surface area (Å²) in [7, 11) is -1.75. The third-order valence-electron chi connectivity index (χ3n) is 4.49. The first kappa shape index (κ1) is 20.4. The van der Waals surface area contributed by atoms with Gasteiger partial charge in [0.2, 0.25) is 10.0 Å². The predicted octanol–water partition coefficient (Wildman–Crippen LogP) is 3.58. The average molecular weight is 377 g/mol. The topological polar surface area (TPSA) is 58.6 Å². The number of methoxy groups -OCH3 is 1. The van der Waals surface area contributed by atoms with E-state index in [0.717, 1.165) is 17.9 Å². The summed E-state index contributed by atoms with van der Waals surface area (Å²) in [6.45, 7) is 7.43. The zero-order chi connectivity index (χ0) is 19.2. The number of sulfonamides is 1. The Morgan fingerprint density at radius 2 is 1.58 bits per heavy atom. The van der Waals surface area contributed by atoms with E-state index < -0.39 is 10.0 Å². The van der Waals surface area contributed by atoms with Crippen molar-refractivity contribution in [2.45, 2.75) is 38.3 Å². The van der Waals surface area contributed by atoms with Gasteiger partial charge < -0.3 is 10.1 Å². The molecule has 1 atom stereocenters. The fourth-order valence-corrected chi connectivity index (χ4v) is 4.23. The molecule has 0 radical (unpaired) electrons. The van der Waals surface area contributed by atoms with Crippen molar-refractivity contribution in [3.63, 3.8) is 0 Å². The summed E-state index contributed by atoms with van der Waals surface area (Å²) in [5.74, 6) is 0.840. The van der Waals surface area contributed by atoms with Crippen molar-refractivity contribution < 1.29 is 13.2 Å². The van der Waals surface area contributed by atoms with Gasteiger partial charge in [-0.1, -0.05) is 38.1 Å². The lowest BCUT2D eigenvalue weighted by atomic mass is 10.1. The van der Waals surface area contributed by atoms with Gasteiger partial charge in [-0.05, 0) is 42.3 Å². The SMILES string of the molecule is CCN(CC)S(=O)(=O)c1ccc(C(C)NCc2ccc(OC)cc2)cc1. The molecule has 26 heavy (non-hydrogen) atoms. The largest absolute Gasteiger partial charge is 0.497 e. The van der Waals surface area contributed by atoms with Gasteiger partial charge in [0.05, 0.1) is 12.0 Å². The van der Waals surface area contributed by atoms with E-state index in [-0.39, 0.29) is 6.04 Å². The number of nitrogens with one attached hydrogen (secondary N) is 1. The van der Waals surface area contributed by atoms with E-state index in [4.69, 9.17) is 4.74 Å². The minimum atomic E-state index is -3.40. The van der Waals surface area contributed by atoms with Gasteiger partial charge in [-0.2, -0.15) is 4.31 Å². The quantitative estimate of drug-likeness (QED) is 0.727. The van der Waals surface area contributed by atoms with Gasteiger partial charge in [0.25, 0.3) is 0 Å². The van der Waals surface area contributed by atoms with Gasteiger partial charge in [-0.15, -0.1) is 0 Å². The Labute approximate surface area is 157 Å². The van der Waals surface area contributed by atoms with E-state index in [1.807, 2.05) is 50.2 Å². The van der Waals surface area contributed by atoms with Crippen molar-refractivity contribution in [3.8, 4) is 5.75 Å². The van der Waals surface area contributed by atoms with Gasteiger partial charge >= 0.3 is 0 Å². The fraction of sp³-hybridized carbons (Fsp3) is 0.400. The predicted molar refractivity (Wildman–Crippen MR) is 105 cm³/mol. The van der Waals surface area contributed by atoms with Gasteiger partial charge in [0, 0.05) is 25.7 Å². The van der Waals surface area contributed by atoms with Crippen LogP contribution in [0.2, 0.25) is 0 Å². The first-order valence-electron chi connectivity index (χ1n) is 8.88. The zero-order valence-corrected chi connectivity index (χ0v) is 16.7. The standard InChI is InChI=1S/C20H28N2O3S/c1-5-22(6-2)26(23,24)20-13-9-18(10-14-20)16(3)21-15-17-7-11-19(25-4)12-8-17/h7-14,16,21H,5-6,15H2,1-4H3. The minimum absolute atomic E-state index is 0.113. The molecule has 0 heterocycles. The van der Waals surface area contributed by atoms with Crippen LogP contribution in [0.1, 0.15) is 37.9 Å². The summed E-state index contributed by atoms with van der Waals surface area (Å²) >= 11 is 0. The van der Waals surface area contributed by atoms with Crippen molar-refractivity contribution >= 4 is 10.0 Å². The molecule has 2 aromatic carbocycles. The van der Waals surface area contributed by atoms with Crippen LogP contribution >= 0.6 is 0 Å². The van der Waals surface area contributed by atoms with Crippen molar-refractivity contribution in [3.05, 3.63) is 59.7 Å². The van der Waals surface area contributed by atoms with Gasteiger partial charge in [0.15, 0.2) is 0 Å². The van der Waals surface area contributed by atoms with Gasteiger partial charge in [0.1, 0.15) is 5.75 Å². The summed E-state index contributed by atoms with van der Waals surface area (Å²) in [5.41, 5.74) is 2.22.